The van der Waals surface area contributed by atoms with E-state index in [1.807, 2.05) is 50.7 Å². The van der Waals surface area contributed by atoms with Crippen LogP contribution in [-0.2, 0) is 7.05 Å². The van der Waals surface area contributed by atoms with Crippen molar-refractivity contribution in [2.75, 3.05) is 17.3 Å². The molecule has 0 aliphatic carbocycles. The fourth-order valence-electron chi connectivity index (χ4n) is 3.55. The number of nitrogens with zero attached hydrogens (tertiary/aromatic N) is 4. The second-order valence-corrected chi connectivity index (χ2v) is 8.72. The molecular weight excluding hydrogens is 460 g/mol. The van der Waals surface area contributed by atoms with Crippen LogP contribution in [0.2, 0.25) is 0 Å². The third-order valence-electron chi connectivity index (χ3n) is 5.42. The molecule has 0 saturated carbocycles. The van der Waals surface area contributed by atoms with Crippen LogP contribution in [-0.4, -0.2) is 26.9 Å². The van der Waals surface area contributed by atoms with Gasteiger partial charge < -0.3 is 15.8 Å². The predicted octanol–water partition coefficient (Wildman–Crippen LogP) is 5.05. The van der Waals surface area contributed by atoms with Crippen LogP contribution in [0.5, 0.6) is 5.75 Å². The van der Waals surface area contributed by atoms with Gasteiger partial charge in [-0.15, -0.1) is 11.8 Å². The highest BCUT2D eigenvalue weighted by atomic mass is 32.2. The number of nitrogen functional groups attached to an aromatic ring is 1. The number of hydrogen-bond donors (Lipinski definition) is 2. The molecule has 0 fully saturated rings. The number of rotatable bonds is 7. The van der Waals surface area contributed by atoms with Crippen molar-refractivity contribution in [3.05, 3.63) is 83.8 Å². The second-order valence-electron chi connectivity index (χ2n) is 7.88. The fraction of sp³-hybridized carbons (Fsp3) is 0.154. The first-order valence-electron chi connectivity index (χ1n) is 10.8. The molecule has 2 aromatic heterocycles. The van der Waals surface area contributed by atoms with E-state index in [4.69, 9.17) is 10.5 Å². The Hall–Kier alpha value is -4.29. The van der Waals surface area contributed by atoms with Crippen molar-refractivity contribution in [2.24, 2.45) is 7.05 Å². The van der Waals surface area contributed by atoms with E-state index in [0.717, 1.165) is 21.6 Å². The monoisotopic (exact) mass is 484 g/mol. The number of ether oxygens (including phenoxy) is 1. The van der Waals surface area contributed by atoms with Crippen molar-refractivity contribution in [2.45, 2.75) is 17.9 Å². The molecule has 9 heteroatoms. The molecule has 8 nitrogen and oxygen atoms in total. The number of carbonyl (C=O) groups is 1. The zero-order valence-corrected chi connectivity index (χ0v) is 20.3. The van der Waals surface area contributed by atoms with Gasteiger partial charge in [-0.1, -0.05) is 12.1 Å². The summed E-state index contributed by atoms with van der Waals surface area (Å²) < 4.78 is 7.85. The first kappa shape index (κ1) is 23.9. The van der Waals surface area contributed by atoms with Gasteiger partial charge in [-0.2, -0.15) is 10.4 Å². The van der Waals surface area contributed by atoms with E-state index in [-0.39, 0.29) is 17.8 Å². The number of carbonyl (C=O) groups excluding carboxylic acids is 1. The zero-order valence-electron chi connectivity index (χ0n) is 19.5. The Bertz CT molecular complexity index is 1430. The number of nitrogens with one attached hydrogen (secondary N) is 1. The lowest BCUT2D eigenvalue weighted by molar-refractivity contribution is 0.102. The van der Waals surface area contributed by atoms with Gasteiger partial charge in [-0.25, -0.2) is 4.98 Å². The second kappa shape index (κ2) is 10.3. The summed E-state index contributed by atoms with van der Waals surface area (Å²) in [4.78, 5) is 17.9. The summed E-state index contributed by atoms with van der Waals surface area (Å²) in [5.74, 6) is 0.458. The molecule has 0 aliphatic rings. The Morgan fingerprint density at radius 3 is 2.74 bits per heavy atom. The molecule has 0 radical (unpaired) electrons. The number of aryl methyl sites for hydroxylation is 1. The Morgan fingerprint density at radius 2 is 2.03 bits per heavy atom. The minimum Gasteiger partial charge on any atom is -0.482 e. The summed E-state index contributed by atoms with van der Waals surface area (Å²) in [7, 11) is 1.85. The van der Waals surface area contributed by atoms with Gasteiger partial charge in [0.2, 0.25) is 0 Å². The summed E-state index contributed by atoms with van der Waals surface area (Å²) in [5, 5.41) is 16.4. The Kier molecular flexibility index (Phi) is 7.03. The van der Waals surface area contributed by atoms with Gasteiger partial charge in [-0.05, 0) is 55.1 Å². The van der Waals surface area contributed by atoms with E-state index in [2.05, 4.69) is 21.5 Å². The third kappa shape index (κ3) is 5.45. The van der Waals surface area contributed by atoms with E-state index in [1.54, 1.807) is 41.3 Å². The quantitative estimate of drug-likeness (QED) is 0.352. The first-order valence-corrected chi connectivity index (χ1v) is 12.0. The molecular formula is C26H24N6O2S. The van der Waals surface area contributed by atoms with Crippen LogP contribution < -0.4 is 15.8 Å². The number of benzene rings is 2. The van der Waals surface area contributed by atoms with E-state index >= 15 is 0 Å². The van der Waals surface area contributed by atoms with Crippen LogP contribution in [0.1, 0.15) is 34.5 Å². The Labute approximate surface area is 207 Å². The van der Waals surface area contributed by atoms with Crippen molar-refractivity contribution in [3.63, 3.8) is 0 Å². The molecule has 4 aromatic rings. The van der Waals surface area contributed by atoms with Crippen LogP contribution >= 0.6 is 11.8 Å². The smallest absolute Gasteiger partial charge is 0.255 e. The standard InChI is InChI=1S/C26H24N6O2S/c1-16(34-23-11-20(13-29-25(23)28)21-14-30-32(2)15-21)17-5-4-6-22(10-17)31-26(33)18-7-8-24(35-3)19(9-18)12-27/h4-11,13-16H,1-3H3,(H2,28,29)(H,31,33)/t16-/m1/s1. The van der Waals surface area contributed by atoms with Gasteiger partial charge in [0.05, 0.1) is 11.8 Å². The van der Waals surface area contributed by atoms with Gasteiger partial charge >= 0.3 is 0 Å². The maximum absolute atomic E-state index is 12.8. The molecule has 4 rings (SSSR count). The highest BCUT2D eigenvalue weighted by molar-refractivity contribution is 7.98. The largest absolute Gasteiger partial charge is 0.482 e. The number of hydrogen-bond acceptors (Lipinski definition) is 7. The molecule has 0 aliphatic heterocycles. The van der Waals surface area contributed by atoms with Crippen LogP contribution in [0.4, 0.5) is 11.5 Å². The number of pyridine rings is 1. The van der Waals surface area contributed by atoms with Gasteiger partial charge in [-0.3, -0.25) is 9.48 Å². The zero-order chi connectivity index (χ0) is 24.9. The number of anilines is 2. The average Bonchev–Trinajstić information content (AvgIpc) is 3.31. The number of aromatic nitrogens is 3. The Morgan fingerprint density at radius 1 is 1.20 bits per heavy atom. The van der Waals surface area contributed by atoms with Gasteiger partial charge in [0.1, 0.15) is 12.2 Å². The van der Waals surface area contributed by atoms with E-state index in [1.165, 1.54) is 11.8 Å². The minimum absolute atomic E-state index is 0.288. The van der Waals surface area contributed by atoms with Crippen LogP contribution in [0.25, 0.3) is 11.1 Å². The Balaban J connectivity index is 1.50. The molecule has 0 bridgehead atoms. The maximum atomic E-state index is 12.8. The molecule has 35 heavy (non-hydrogen) atoms. The lowest BCUT2D eigenvalue weighted by atomic mass is 10.1. The molecule has 0 unspecified atom stereocenters. The van der Waals surface area contributed by atoms with E-state index < -0.39 is 0 Å². The van der Waals surface area contributed by atoms with Crippen molar-refractivity contribution in [3.8, 4) is 22.9 Å². The van der Waals surface area contributed by atoms with Crippen molar-refractivity contribution in [1.82, 2.24) is 14.8 Å². The van der Waals surface area contributed by atoms with Crippen molar-refractivity contribution < 1.29 is 9.53 Å². The lowest BCUT2D eigenvalue weighted by Crippen LogP contribution is -2.13. The minimum atomic E-state index is -0.355. The lowest BCUT2D eigenvalue weighted by Gasteiger charge is -2.17. The maximum Gasteiger partial charge on any atom is 0.255 e. The topological polar surface area (TPSA) is 119 Å². The summed E-state index contributed by atoms with van der Waals surface area (Å²) in [6, 6.07) is 16.5. The van der Waals surface area contributed by atoms with Crippen molar-refractivity contribution >= 4 is 29.2 Å². The highest BCUT2D eigenvalue weighted by Crippen LogP contribution is 2.31. The first-order chi connectivity index (χ1) is 16.9. The van der Waals surface area contributed by atoms with Crippen molar-refractivity contribution in [1.29, 1.82) is 5.26 Å². The highest BCUT2D eigenvalue weighted by Gasteiger charge is 2.15. The normalized spacial score (nSPS) is 11.5. The number of thioether (sulfide) groups is 1. The van der Waals surface area contributed by atoms with Crippen LogP contribution in [0.3, 0.4) is 0 Å². The molecule has 0 saturated heterocycles. The molecule has 0 spiro atoms. The number of amides is 1. The molecule has 2 heterocycles. The molecule has 1 atom stereocenters. The third-order valence-corrected chi connectivity index (χ3v) is 6.22. The number of nitrogens with two attached hydrogens (primary N) is 1. The van der Waals surface area contributed by atoms with Crippen LogP contribution in [0.15, 0.2) is 72.0 Å². The fourth-order valence-corrected chi connectivity index (χ4v) is 4.07. The average molecular weight is 485 g/mol. The summed E-state index contributed by atoms with van der Waals surface area (Å²) in [6.45, 7) is 1.90. The van der Waals surface area contributed by atoms with Gasteiger partial charge in [0, 0.05) is 46.7 Å². The molecule has 176 valence electrons. The number of nitriles is 1. The van der Waals surface area contributed by atoms with E-state index in [0.29, 0.717) is 22.6 Å². The summed E-state index contributed by atoms with van der Waals surface area (Å²) in [5.41, 5.74) is 10.2. The predicted molar refractivity (Wildman–Crippen MR) is 137 cm³/mol. The molecule has 3 N–H and O–H groups in total. The molecule has 2 aromatic carbocycles. The van der Waals surface area contributed by atoms with E-state index in [9.17, 15) is 10.1 Å². The summed E-state index contributed by atoms with van der Waals surface area (Å²) in [6.07, 6.45) is 6.86. The van der Waals surface area contributed by atoms with Crippen LogP contribution in [0, 0.1) is 11.3 Å². The molecule has 1 amide bonds. The van der Waals surface area contributed by atoms with Gasteiger partial charge in [0.15, 0.2) is 11.6 Å². The van der Waals surface area contributed by atoms with Gasteiger partial charge in [0.25, 0.3) is 5.91 Å². The summed E-state index contributed by atoms with van der Waals surface area (Å²) >= 11 is 1.47. The SMILES string of the molecule is CSc1ccc(C(=O)Nc2cccc([C@@H](C)Oc3cc(-c4cnn(C)c4)cnc3N)c2)cc1C#N.